The normalized spacial score (nSPS) is 27.7. The Balaban J connectivity index is 2.10. The lowest BCUT2D eigenvalue weighted by Crippen LogP contribution is -2.45. The van der Waals surface area contributed by atoms with Gasteiger partial charge in [0.1, 0.15) is 0 Å². The Morgan fingerprint density at radius 3 is 1.42 bits per heavy atom. The molecule has 2 aromatic carbocycles. The first-order valence-corrected chi connectivity index (χ1v) is 8.14. The number of aliphatic hydroxyl groups is 4. The maximum absolute atomic E-state index is 10.3. The second-order valence-electron chi connectivity index (χ2n) is 6.15. The van der Waals surface area contributed by atoms with Crippen LogP contribution < -0.4 is 0 Å². The van der Waals surface area contributed by atoms with Gasteiger partial charge in [0, 0.05) is 0 Å². The molecule has 4 atom stereocenters. The Hall–Kier alpha value is -1.76. The van der Waals surface area contributed by atoms with E-state index < -0.39 is 24.3 Å². The van der Waals surface area contributed by atoms with Crippen molar-refractivity contribution in [3.63, 3.8) is 0 Å². The van der Waals surface area contributed by atoms with Gasteiger partial charge in [-0.2, -0.15) is 0 Å². The van der Waals surface area contributed by atoms with Gasteiger partial charge in [-0.3, -0.25) is 4.90 Å². The summed E-state index contributed by atoms with van der Waals surface area (Å²) in [6.07, 6.45) is -2.22. The minimum absolute atomic E-state index is 0.284. The minimum atomic E-state index is -1.11. The monoisotopic (exact) mass is 329 g/mol. The maximum atomic E-state index is 10.3. The van der Waals surface area contributed by atoms with Crippen molar-refractivity contribution in [1.29, 1.82) is 0 Å². The number of benzene rings is 2. The summed E-state index contributed by atoms with van der Waals surface area (Å²) >= 11 is 0. The van der Waals surface area contributed by atoms with Crippen LogP contribution in [0, 0.1) is 0 Å². The molecule has 5 heteroatoms. The van der Waals surface area contributed by atoms with Gasteiger partial charge in [0.25, 0.3) is 0 Å². The lowest BCUT2D eigenvalue weighted by atomic mass is 9.95. The van der Waals surface area contributed by atoms with E-state index in [0.717, 1.165) is 11.1 Å². The van der Waals surface area contributed by atoms with Crippen molar-refractivity contribution in [1.82, 2.24) is 4.90 Å². The van der Waals surface area contributed by atoms with Crippen molar-refractivity contribution in [3.8, 4) is 0 Å². The molecule has 1 aliphatic heterocycles. The third-order valence-corrected chi connectivity index (χ3v) is 4.81. The molecule has 5 nitrogen and oxygen atoms in total. The second kappa shape index (κ2) is 7.42. The summed E-state index contributed by atoms with van der Waals surface area (Å²) in [5, 5.41) is 40.2. The quantitative estimate of drug-likeness (QED) is 0.643. The fourth-order valence-electron chi connectivity index (χ4n) is 3.65. The predicted molar refractivity (Wildman–Crippen MR) is 90.3 cm³/mol. The molecule has 3 rings (SSSR count). The summed E-state index contributed by atoms with van der Waals surface area (Å²) in [6, 6.07) is 17.8. The Morgan fingerprint density at radius 2 is 1.08 bits per heavy atom. The van der Waals surface area contributed by atoms with Gasteiger partial charge >= 0.3 is 0 Å². The molecular weight excluding hydrogens is 306 g/mol. The molecule has 1 aliphatic rings. The van der Waals surface area contributed by atoms with E-state index >= 15 is 0 Å². The number of rotatable bonds is 5. The fraction of sp³-hybridized carbons (Fsp3) is 0.368. The zero-order valence-corrected chi connectivity index (χ0v) is 13.3. The maximum Gasteiger partial charge on any atom is 0.0992 e. The highest BCUT2D eigenvalue weighted by molar-refractivity contribution is 5.33. The molecule has 1 heterocycles. The molecule has 24 heavy (non-hydrogen) atoms. The van der Waals surface area contributed by atoms with E-state index in [1.54, 1.807) is 0 Å². The van der Waals surface area contributed by atoms with Crippen molar-refractivity contribution in [2.24, 2.45) is 0 Å². The van der Waals surface area contributed by atoms with Crippen LogP contribution in [0.15, 0.2) is 60.7 Å². The van der Waals surface area contributed by atoms with Gasteiger partial charge in [0.2, 0.25) is 0 Å². The highest BCUT2D eigenvalue weighted by Crippen LogP contribution is 2.38. The van der Waals surface area contributed by atoms with Crippen LogP contribution in [0.5, 0.6) is 0 Å². The molecule has 0 saturated carbocycles. The third-order valence-electron chi connectivity index (χ3n) is 4.81. The van der Waals surface area contributed by atoms with Crippen molar-refractivity contribution in [2.75, 3.05) is 13.2 Å². The van der Waals surface area contributed by atoms with Crippen LogP contribution in [0.4, 0.5) is 0 Å². The topological polar surface area (TPSA) is 84.2 Å². The summed E-state index contributed by atoms with van der Waals surface area (Å²) in [7, 11) is 0. The van der Waals surface area contributed by atoms with Crippen molar-refractivity contribution in [2.45, 2.75) is 30.3 Å². The predicted octanol–water partition coefficient (Wildman–Crippen LogP) is 0.535. The van der Waals surface area contributed by atoms with Crippen molar-refractivity contribution >= 4 is 0 Å². The van der Waals surface area contributed by atoms with E-state index in [0.29, 0.717) is 0 Å². The van der Waals surface area contributed by atoms with Crippen LogP contribution in [-0.2, 0) is 0 Å². The van der Waals surface area contributed by atoms with Crippen LogP contribution in [0.1, 0.15) is 17.2 Å². The first-order valence-electron chi connectivity index (χ1n) is 8.14. The van der Waals surface area contributed by atoms with E-state index in [-0.39, 0.29) is 19.3 Å². The number of hydrogen-bond donors (Lipinski definition) is 4. The summed E-state index contributed by atoms with van der Waals surface area (Å²) in [5.74, 6) is 0. The van der Waals surface area contributed by atoms with Crippen LogP contribution in [0.25, 0.3) is 0 Å². The van der Waals surface area contributed by atoms with E-state index in [9.17, 15) is 20.4 Å². The van der Waals surface area contributed by atoms with Gasteiger partial charge in [-0.25, -0.2) is 0 Å². The van der Waals surface area contributed by atoms with E-state index in [4.69, 9.17) is 0 Å². The molecule has 0 aromatic heterocycles. The fourth-order valence-corrected chi connectivity index (χ4v) is 3.65. The van der Waals surface area contributed by atoms with Gasteiger partial charge in [-0.05, 0) is 11.1 Å². The standard InChI is InChI=1S/C19H23NO4/c21-11-15-18(23)19(24)16(12-22)20(15)17(13-7-3-1-4-8-13)14-9-5-2-6-10-14/h1-10,15-19,21-24H,11-12H2/t15-,16-,18-,19-/m1/s1. The molecule has 1 saturated heterocycles. The van der Waals surface area contributed by atoms with Crippen LogP contribution in [-0.4, -0.2) is 62.8 Å². The van der Waals surface area contributed by atoms with Gasteiger partial charge in [-0.15, -0.1) is 0 Å². The van der Waals surface area contributed by atoms with Crippen LogP contribution in [0.3, 0.4) is 0 Å². The van der Waals surface area contributed by atoms with E-state index in [1.165, 1.54) is 0 Å². The summed E-state index contributed by atoms with van der Waals surface area (Å²) in [4.78, 5) is 1.83. The summed E-state index contributed by atoms with van der Waals surface area (Å²) in [6.45, 7) is -0.601. The molecule has 1 fully saturated rings. The number of likely N-dealkylation sites (tertiary alicyclic amines) is 1. The van der Waals surface area contributed by atoms with E-state index in [1.807, 2.05) is 65.6 Å². The first kappa shape index (κ1) is 17.1. The lowest BCUT2D eigenvalue weighted by Gasteiger charge is -2.37. The van der Waals surface area contributed by atoms with Gasteiger partial charge in [0.15, 0.2) is 0 Å². The Bertz CT molecular complexity index is 581. The molecule has 0 bridgehead atoms. The molecule has 0 amide bonds. The number of nitrogens with zero attached hydrogens (tertiary/aromatic N) is 1. The Kier molecular flexibility index (Phi) is 5.28. The Morgan fingerprint density at radius 1 is 0.708 bits per heavy atom. The molecule has 128 valence electrons. The largest absolute Gasteiger partial charge is 0.395 e. The second-order valence-corrected chi connectivity index (χ2v) is 6.15. The average molecular weight is 329 g/mol. The SMILES string of the molecule is OC[C@@H]1[C@@H](O)[C@H](O)[C@@H](CO)N1C(c1ccccc1)c1ccccc1. The first-order chi connectivity index (χ1) is 11.7. The van der Waals surface area contributed by atoms with E-state index in [2.05, 4.69) is 0 Å². The lowest BCUT2D eigenvalue weighted by molar-refractivity contribution is 0.0130. The molecule has 0 spiro atoms. The number of aliphatic hydroxyl groups excluding tert-OH is 4. The smallest absolute Gasteiger partial charge is 0.0992 e. The van der Waals surface area contributed by atoms with Crippen LogP contribution >= 0.6 is 0 Å². The average Bonchev–Trinajstić information content (AvgIpc) is 2.87. The van der Waals surface area contributed by atoms with Crippen molar-refractivity contribution in [3.05, 3.63) is 71.8 Å². The Labute approximate surface area is 141 Å². The molecular formula is C19H23NO4. The molecule has 0 aliphatic carbocycles. The highest BCUT2D eigenvalue weighted by atomic mass is 16.3. The summed E-state index contributed by atoms with van der Waals surface area (Å²) < 4.78 is 0. The van der Waals surface area contributed by atoms with Gasteiger partial charge in [-0.1, -0.05) is 60.7 Å². The minimum Gasteiger partial charge on any atom is -0.395 e. The molecule has 0 unspecified atom stereocenters. The van der Waals surface area contributed by atoms with Crippen molar-refractivity contribution < 1.29 is 20.4 Å². The zero-order valence-electron chi connectivity index (χ0n) is 13.3. The molecule has 4 N–H and O–H groups in total. The number of hydrogen-bond acceptors (Lipinski definition) is 5. The molecule has 0 radical (unpaired) electrons. The third kappa shape index (κ3) is 2.97. The summed E-state index contributed by atoms with van der Waals surface area (Å²) in [5.41, 5.74) is 1.95. The van der Waals surface area contributed by atoms with Crippen LogP contribution in [0.2, 0.25) is 0 Å². The highest BCUT2D eigenvalue weighted by Gasteiger charge is 2.50. The van der Waals surface area contributed by atoms with Gasteiger partial charge in [0.05, 0.1) is 43.5 Å². The van der Waals surface area contributed by atoms with Gasteiger partial charge < -0.3 is 20.4 Å². The zero-order chi connectivity index (χ0) is 17.1. The molecule has 2 aromatic rings.